The highest BCUT2D eigenvalue weighted by Crippen LogP contribution is 2.40. The zero-order valence-corrected chi connectivity index (χ0v) is 14.9. The molecule has 0 radical (unpaired) electrons. The topological polar surface area (TPSA) is 9.23 Å². The maximum absolute atomic E-state index is 13.0. The van der Waals surface area contributed by atoms with Gasteiger partial charge in [0.25, 0.3) is 0 Å². The van der Waals surface area contributed by atoms with Gasteiger partial charge in [-0.05, 0) is 37.7 Å². The fraction of sp³-hybridized carbons (Fsp3) is 0.600. The molecular weight excluding hydrogens is 370 g/mol. The summed E-state index contributed by atoms with van der Waals surface area (Å²) in [7, 11) is 0. The van der Waals surface area contributed by atoms with E-state index in [1.54, 1.807) is 0 Å². The van der Waals surface area contributed by atoms with Crippen LogP contribution in [0.4, 0.5) is 26.3 Å². The van der Waals surface area contributed by atoms with Crippen LogP contribution in [0.2, 0.25) is 0 Å². The molecule has 3 unspecified atom stereocenters. The largest absolute Gasteiger partial charge is 0.416 e. The number of allylic oxidation sites excluding steroid dienone is 5. The Bertz CT molecular complexity index is 676. The number of hydrogen-bond acceptors (Lipinski definition) is 1. The molecule has 0 aliphatic heterocycles. The molecule has 1 nitrogen and oxygen atoms in total. The fourth-order valence-electron chi connectivity index (χ4n) is 3.49. The predicted octanol–water partition coefficient (Wildman–Crippen LogP) is 6.30. The average molecular weight is 392 g/mol. The SMILES string of the molecule is CC1C=C(CC2CC2)C=CC1OCC1C=C(C(F)(F)F)C=C(C(F)(F)F)C1. The Kier molecular flexibility index (Phi) is 5.62. The highest BCUT2D eigenvalue weighted by molar-refractivity contribution is 5.35. The van der Waals surface area contributed by atoms with Crippen molar-refractivity contribution in [1.29, 1.82) is 0 Å². The highest BCUT2D eigenvalue weighted by Gasteiger charge is 2.42. The maximum atomic E-state index is 13.0. The van der Waals surface area contributed by atoms with Crippen molar-refractivity contribution in [2.45, 2.75) is 51.1 Å². The van der Waals surface area contributed by atoms with E-state index in [0.29, 0.717) is 0 Å². The molecular formula is C20H22F6O. The van der Waals surface area contributed by atoms with Gasteiger partial charge in [0.2, 0.25) is 0 Å². The van der Waals surface area contributed by atoms with Gasteiger partial charge in [0.05, 0.1) is 18.3 Å². The molecule has 3 atom stereocenters. The highest BCUT2D eigenvalue weighted by atomic mass is 19.4. The molecule has 0 saturated heterocycles. The zero-order chi connectivity index (χ0) is 19.8. The lowest BCUT2D eigenvalue weighted by Crippen LogP contribution is -2.27. The lowest BCUT2D eigenvalue weighted by molar-refractivity contribution is -0.101. The second kappa shape index (κ2) is 7.49. The summed E-state index contributed by atoms with van der Waals surface area (Å²) in [6.07, 6.45) is 0.0288. The quantitative estimate of drug-likeness (QED) is 0.499. The van der Waals surface area contributed by atoms with Crippen molar-refractivity contribution in [1.82, 2.24) is 0 Å². The Hall–Kier alpha value is -1.50. The van der Waals surface area contributed by atoms with Crippen LogP contribution < -0.4 is 0 Å². The van der Waals surface area contributed by atoms with E-state index in [-0.39, 0.29) is 24.7 Å². The van der Waals surface area contributed by atoms with Crippen LogP contribution in [-0.4, -0.2) is 25.1 Å². The summed E-state index contributed by atoms with van der Waals surface area (Å²) >= 11 is 0. The molecule has 3 rings (SSSR count). The molecule has 0 aromatic rings. The van der Waals surface area contributed by atoms with Crippen molar-refractivity contribution in [2.24, 2.45) is 17.8 Å². The van der Waals surface area contributed by atoms with Crippen LogP contribution in [0.1, 0.15) is 32.6 Å². The van der Waals surface area contributed by atoms with Crippen LogP contribution in [0.5, 0.6) is 0 Å². The minimum absolute atomic E-state index is 0.0380. The summed E-state index contributed by atoms with van der Waals surface area (Å²) in [5, 5.41) is 0. The van der Waals surface area contributed by atoms with Crippen LogP contribution in [0, 0.1) is 17.8 Å². The third-order valence-electron chi connectivity index (χ3n) is 5.14. The molecule has 0 bridgehead atoms. The van der Waals surface area contributed by atoms with Crippen molar-refractivity contribution in [3.8, 4) is 0 Å². The van der Waals surface area contributed by atoms with Gasteiger partial charge in [-0.3, -0.25) is 0 Å². The minimum atomic E-state index is -4.81. The first-order valence-electron chi connectivity index (χ1n) is 9.09. The van der Waals surface area contributed by atoms with Gasteiger partial charge in [0.1, 0.15) is 0 Å². The Morgan fingerprint density at radius 1 is 1.04 bits per heavy atom. The molecule has 0 spiro atoms. The molecule has 0 heterocycles. The van der Waals surface area contributed by atoms with Crippen LogP contribution in [0.15, 0.2) is 47.1 Å². The molecule has 1 saturated carbocycles. The number of ether oxygens (including phenoxy) is 1. The van der Waals surface area contributed by atoms with E-state index in [1.165, 1.54) is 18.4 Å². The van der Waals surface area contributed by atoms with E-state index >= 15 is 0 Å². The van der Waals surface area contributed by atoms with Crippen LogP contribution in [0.3, 0.4) is 0 Å². The van der Waals surface area contributed by atoms with E-state index in [0.717, 1.165) is 18.4 Å². The van der Waals surface area contributed by atoms with Gasteiger partial charge < -0.3 is 4.74 Å². The number of hydrogen-bond donors (Lipinski definition) is 0. The van der Waals surface area contributed by atoms with Crippen molar-refractivity contribution < 1.29 is 31.1 Å². The van der Waals surface area contributed by atoms with E-state index in [9.17, 15) is 26.3 Å². The van der Waals surface area contributed by atoms with Gasteiger partial charge in [0.15, 0.2) is 0 Å². The van der Waals surface area contributed by atoms with Crippen molar-refractivity contribution in [3.05, 3.63) is 47.1 Å². The summed E-state index contributed by atoms with van der Waals surface area (Å²) in [5.74, 6) is -0.178. The van der Waals surface area contributed by atoms with E-state index in [4.69, 9.17) is 4.74 Å². The Balaban J connectivity index is 1.62. The molecule has 0 aromatic carbocycles. The maximum Gasteiger partial charge on any atom is 0.416 e. The third-order valence-corrected chi connectivity index (χ3v) is 5.14. The molecule has 0 N–H and O–H groups in total. The predicted molar refractivity (Wildman–Crippen MR) is 89.9 cm³/mol. The lowest BCUT2D eigenvalue weighted by Gasteiger charge is -2.28. The fourth-order valence-corrected chi connectivity index (χ4v) is 3.49. The second-order valence-corrected chi connectivity index (χ2v) is 7.66. The summed E-state index contributed by atoms with van der Waals surface area (Å²) < 4.78 is 83.4. The van der Waals surface area contributed by atoms with Crippen LogP contribution >= 0.6 is 0 Å². The number of rotatable bonds is 5. The normalized spacial score (nSPS) is 29.3. The van der Waals surface area contributed by atoms with Crippen molar-refractivity contribution in [2.75, 3.05) is 6.61 Å². The Morgan fingerprint density at radius 3 is 2.30 bits per heavy atom. The zero-order valence-electron chi connectivity index (χ0n) is 14.9. The van der Waals surface area contributed by atoms with Crippen molar-refractivity contribution in [3.63, 3.8) is 0 Å². The summed E-state index contributed by atoms with van der Waals surface area (Å²) in [6, 6.07) is 0. The van der Waals surface area contributed by atoms with E-state index in [1.807, 2.05) is 19.1 Å². The average Bonchev–Trinajstić information content (AvgIpc) is 3.36. The van der Waals surface area contributed by atoms with Gasteiger partial charge in [-0.15, -0.1) is 0 Å². The molecule has 150 valence electrons. The molecule has 0 amide bonds. The van der Waals surface area contributed by atoms with Crippen LogP contribution in [-0.2, 0) is 4.74 Å². The first kappa shape index (κ1) is 20.2. The molecule has 7 heteroatoms. The van der Waals surface area contributed by atoms with Gasteiger partial charge >= 0.3 is 12.4 Å². The first-order chi connectivity index (χ1) is 12.5. The smallest absolute Gasteiger partial charge is 0.373 e. The second-order valence-electron chi connectivity index (χ2n) is 7.66. The summed E-state index contributed by atoms with van der Waals surface area (Å²) in [4.78, 5) is 0. The van der Waals surface area contributed by atoms with E-state index < -0.39 is 35.8 Å². The lowest BCUT2D eigenvalue weighted by atomic mass is 9.89. The molecule has 0 aromatic heterocycles. The standard InChI is InChI=1S/C20H22F6O/c1-12-6-14(7-13-2-3-13)4-5-18(12)27-11-15-8-16(19(21,22)23)10-17(9-15)20(24,25)26/h4-6,8,10,12-13,15,18H,2-3,7,9,11H2,1H3. The number of alkyl halides is 6. The first-order valence-corrected chi connectivity index (χ1v) is 9.09. The minimum Gasteiger partial charge on any atom is -0.373 e. The van der Waals surface area contributed by atoms with Gasteiger partial charge in [0, 0.05) is 17.4 Å². The Morgan fingerprint density at radius 2 is 1.74 bits per heavy atom. The van der Waals surface area contributed by atoms with Gasteiger partial charge in [-0.25, -0.2) is 0 Å². The molecule has 3 aliphatic carbocycles. The van der Waals surface area contributed by atoms with Crippen molar-refractivity contribution >= 4 is 0 Å². The molecule has 27 heavy (non-hydrogen) atoms. The third kappa shape index (κ3) is 5.50. The monoisotopic (exact) mass is 392 g/mol. The van der Waals surface area contributed by atoms with Gasteiger partial charge in [-0.2, -0.15) is 26.3 Å². The van der Waals surface area contributed by atoms with Gasteiger partial charge in [-0.1, -0.05) is 36.8 Å². The molecule has 3 aliphatic rings. The van der Waals surface area contributed by atoms with E-state index in [2.05, 4.69) is 6.08 Å². The molecule has 1 fully saturated rings. The Labute approximate surface area is 154 Å². The summed E-state index contributed by atoms with van der Waals surface area (Å²) in [6.45, 7) is 1.76. The summed E-state index contributed by atoms with van der Waals surface area (Å²) in [5.41, 5.74) is -1.19. The van der Waals surface area contributed by atoms with Crippen LogP contribution in [0.25, 0.3) is 0 Å². The number of halogens is 6.